The fraction of sp³-hybridized carbons (Fsp3) is 0.500. The molecule has 60 heavy (non-hydrogen) atoms. The van der Waals surface area contributed by atoms with Crippen molar-refractivity contribution in [2.45, 2.75) is 153 Å². The predicted octanol–water partition coefficient (Wildman–Crippen LogP) is 12.0. The largest absolute Gasteiger partial charge is 0.408 e. The summed E-state index contributed by atoms with van der Waals surface area (Å²) in [7, 11) is -3.87. The fourth-order valence-electron chi connectivity index (χ4n) is 7.62. The lowest BCUT2D eigenvalue weighted by Gasteiger charge is -2.41. The summed E-state index contributed by atoms with van der Waals surface area (Å²) in [5.74, 6) is 0. The molecule has 0 aliphatic carbocycles. The minimum Gasteiger partial charge on any atom is -0.408 e. The number of hydrogen-bond acceptors (Lipinski definition) is 8. The second-order valence-electron chi connectivity index (χ2n) is 19.8. The SMILES string of the molecule is CC(C)(C)[Si](C)(C)O[C@H](c1ccccc1)[C@H]1CC[C@@H](Cc2ccc([N+](=O)[O-])cc2)N1.CC(C)(C)[Si](C)(C)O[C@H](c1ccccc1)[C@H]1CC[C@H](Cc2ccc([N+](=O)[O-])cc2)N1. The summed E-state index contributed by atoms with van der Waals surface area (Å²) in [6.45, 7) is 22.9. The molecule has 0 unspecified atom stereocenters. The first-order valence-electron chi connectivity index (χ1n) is 21.6. The van der Waals surface area contributed by atoms with Crippen molar-refractivity contribution in [1.29, 1.82) is 0 Å². The van der Waals surface area contributed by atoms with Crippen LogP contribution >= 0.6 is 0 Å². The van der Waals surface area contributed by atoms with E-state index in [-0.39, 0.29) is 55.6 Å². The summed E-state index contributed by atoms with van der Waals surface area (Å²) < 4.78 is 13.8. The molecule has 2 saturated heterocycles. The number of hydrogen-bond donors (Lipinski definition) is 2. The van der Waals surface area contributed by atoms with Gasteiger partial charge in [0.2, 0.25) is 0 Å². The minimum atomic E-state index is -1.94. The van der Waals surface area contributed by atoms with Gasteiger partial charge in [0.1, 0.15) is 0 Å². The Kier molecular flexibility index (Phi) is 15.5. The summed E-state index contributed by atoms with van der Waals surface area (Å²) >= 11 is 0. The summed E-state index contributed by atoms with van der Waals surface area (Å²) in [5.41, 5.74) is 5.00. The fourth-order valence-corrected chi connectivity index (χ4v) is 10.2. The third-order valence-electron chi connectivity index (χ3n) is 13.3. The van der Waals surface area contributed by atoms with E-state index in [0.29, 0.717) is 12.1 Å². The van der Waals surface area contributed by atoms with Crippen LogP contribution in [-0.2, 0) is 21.7 Å². The molecular formula is C48H68N4O6Si2. The van der Waals surface area contributed by atoms with Gasteiger partial charge in [0.15, 0.2) is 16.6 Å². The Hall–Kier alpha value is -4.05. The lowest BCUT2D eigenvalue weighted by atomic mass is 10.0. The van der Waals surface area contributed by atoms with Crippen LogP contribution in [-0.4, -0.2) is 50.6 Å². The molecule has 6 atom stereocenters. The van der Waals surface area contributed by atoms with Gasteiger partial charge in [-0.25, -0.2) is 0 Å². The molecule has 2 aliphatic heterocycles. The van der Waals surface area contributed by atoms with E-state index in [1.54, 1.807) is 24.3 Å². The zero-order chi connectivity index (χ0) is 43.9. The minimum absolute atomic E-state index is 0.0361. The zero-order valence-electron chi connectivity index (χ0n) is 37.4. The standard InChI is InChI=1S/2C24H34N2O3Si/c2*1-24(2,3)30(4,5)29-23(19-9-7-6-8-10-19)22-16-13-20(25-22)17-18-11-14-21(15-12-18)26(27)28/h2*6-12,14-15,20,22-23,25H,13,16-17H2,1-5H3/t20-,22+,23+;20-,22-,23-/m01/s1. The quantitative estimate of drug-likeness (QED) is 0.0729. The van der Waals surface area contributed by atoms with Gasteiger partial charge in [-0.2, -0.15) is 0 Å². The summed E-state index contributed by atoms with van der Waals surface area (Å²) in [6.07, 6.45) is 6.09. The lowest BCUT2D eigenvalue weighted by Crippen LogP contribution is -2.46. The van der Waals surface area contributed by atoms with E-state index < -0.39 is 16.6 Å². The molecule has 2 heterocycles. The smallest absolute Gasteiger partial charge is 0.269 e. The van der Waals surface area contributed by atoms with Gasteiger partial charge in [0.05, 0.1) is 22.1 Å². The summed E-state index contributed by atoms with van der Waals surface area (Å²) in [6, 6.07) is 36.2. The third kappa shape index (κ3) is 12.5. The van der Waals surface area contributed by atoms with Gasteiger partial charge >= 0.3 is 0 Å². The van der Waals surface area contributed by atoms with Gasteiger partial charge in [-0.1, -0.05) is 126 Å². The number of nitro benzene ring substituents is 2. The van der Waals surface area contributed by atoms with Crippen molar-refractivity contribution in [3.8, 4) is 0 Å². The topological polar surface area (TPSA) is 129 Å². The summed E-state index contributed by atoms with van der Waals surface area (Å²) in [4.78, 5) is 21.1. The number of nitro groups is 2. The predicted molar refractivity (Wildman–Crippen MR) is 248 cm³/mol. The van der Waals surface area contributed by atoms with E-state index in [1.165, 1.54) is 11.1 Å². The normalized spacial score (nSPS) is 20.8. The van der Waals surface area contributed by atoms with Crippen LogP contribution in [0.2, 0.25) is 36.3 Å². The van der Waals surface area contributed by atoms with Gasteiger partial charge in [-0.3, -0.25) is 20.2 Å². The zero-order valence-corrected chi connectivity index (χ0v) is 39.4. The van der Waals surface area contributed by atoms with E-state index in [9.17, 15) is 20.2 Å². The maximum absolute atomic E-state index is 10.9. The molecule has 0 saturated carbocycles. The molecular weight excluding hydrogens is 785 g/mol. The van der Waals surface area contributed by atoms with Crippen molar-refractivity contribution in [2.24, 2.45) is 0 Å². The molecule has 0 spiro atoms. The van der Waals surface area contributed by atoms with Crippen LogP contribution in [0.15, 0.2) is 109 Å². The van der Waals surface area contributed by atoms with Gasteiger partial charge in [-0.15, -0.1) is 0 Å². The highest BCUT2D eigenvalue weighted by Crippen LogP contribution is 2.43. The van der Waals surface area contributed by atoms with Crippen LogP contribution in [0.4, 0.5) is 11.4 Å². The number of nitrogens with one attached hydrogen (secondary N) is 2. The first-order chi connectivity index (χ1) is 28.1. The van der Waals surface area contributed by atoms with Crippen LogP contribution in [0.5, 0.6) is 0 Å². The van der Waals surface area contributed by atoms with E-state index in [1.807, 2.05) is 36.4 Å². The monoisotopic (exact) mass is 852 g/mol. The third-order valence-corrected chi connectivity index (χ3v) is 22.2. The molecule has 324 valence electrons. The van der Waals surface area contributed by atoms with Gasteiger partial charge in [0, 0.05) is 48.4 Å². The molecule has 0 radical (unpaired) electrons. The lowest BCUT2D eigenvalue weighted by molar-refractivity contribution is -0.385. The molecule has 6 rings (SSSR count). The molecule has 12 heteroatoms. The molecule has 4 aromatic rings. The second-order valence-corrected chi connectivity index (χ2v) is 29.3. The van der Waals surface area contributed by atoms with E-state index in [2.05, 4.69) is 127 Å². The Bertz CT molecular complexity index is 1840. The van der Waals surface area contributed by atoms with Gasteiger partial charge < -0.3 is 19.5 Å². The van der Waals surface area contributed by atoms with Crippen molar-refractivity contribution >= 4 is 28.0 Å². The Balaban J connectivity index is 0.000000228. The van der Waals surface area contributed by atoms with Gasteiger partial charge in [0.25, 0.3) is 11.4 Å². The Morgan fingerprint density at radius 1 is 0.550 bits per heavy atom. The second kappa shape index (κ2) is 19.8. The highest BCUT2D eigenvalue weighted by atomic mass is 28.4. The molecule has 2 aliphatic rings. The Morgan fingerprint density at radius 2 is 0.867 bits per heavy atom. The van der Waals surface area contributed by atoms with Crippen LogP contribution in [0.1, 0.15) is 102 Å². The molecule has 2 fully saturated rings. The highest BCUT2D eigenvalue weighted by molar-refractivity contribution is 6.74. The molecule has 4 aromatic carbocycles. The molecule has 2 N–H and O–H groups in total. The van der Waals surface area contributed by atoms with E-state index in [0.717, 1.165) is 49.7 Å². The highest BCUT2D eigenvalue weighted by Gasteiger charge is 2.44. The van der Waals surface area contributed by atoms with Gasteiger partial charge in [-0.05, 0) is 97.0 Å². The van der Waals surface area contributed by atoms with Crippen molar-refractivity contribution in [2.75, 3.05) is 0 Å². The van der Waals surface area contributed by atoms with Crippen LogP contribution in [0.3, 0.4) is 0 Å². The maximum Gasteiger partial charge on any atom is 0.269 e. The van der Waals surface area contributed by atoms with Crippen LogP contribution < -0.4 is 10.6 Å². The molecule has 0 aromatic heterocycles. The molecule has 0 amide bonds. The molecule has 10 nitrogen and oxygen atoms in total. The number of non-ortho nitro benzene ring substituents is 2. The number of nitrogens with zero attached hydrogens (tertiary/aromatic N) is 2. The van der Waals surface area contributed by atoms with Crippen molar-refractivity contribution in [1.82, 2.24) is 10.6 Å². The molecule has 0 bridgehead atoms. The van der Waals surface area contributed by atoms with Crippen molar-refractivity contribution in [3.63, 3.8) is 0 Å². The number of rotatable bonds is 14. The van der Waals surface area contributed by atoms with Crippen molar-refractivity contribution < 1.29 is 18.7 Å². The maximum atomic E-state index is 10.9. The van der Waals surface area contributed by atoms with E-state index >= 15 is 0 Å². The average Bonchev–Trinajstić information content (AvgIpc) is 3.86. The Morgan fingerprint density at radius 3 is 1.15 bits per heavy atom. The summed E-state index contributed by atoms with van der Waals surface area (Å²) in [5, 5.41) is 29.7. The first-order valence-corrected chi connectivity index (χ1v) is 27.4. The van der Waals surface area contributed by atoms with Crippen LogP contribution in [0.25, 0.3) is 0 Å². The Labute approximate surface area is 360 Å². The number of benzene rings is 4. The van der Waals surface area contributed by atoms with Crippen LogP contribution in [0, 0.1) is 20.2 Å². The van der Waals surface area contributed by atoms with Crippen molar-refractivity contribution in [3.05, 3.63) is 152 Å². The first kappa shape index (κ1) is 47.0. The average molecular weight is 853 g/mol. The van der Waals surface area contributed by atoms with E-state index in [4.69, 9.17) is 8.85 Å².